The lowest BCUT2D eigenvalue weighted by atomic mass is 10.5. The third kappa shape index (κ3) is 2.20. The van der Waals surface area contributed by atoms with E-state index in [1.54, 1.807) is 0 Å². The highest BCUT2D eigenvalue weighted by atomic mass is 32.1. The average Bonchev–Trinajstić information content (AvgIpc) is 2.48. The summed E-state index contributed by atoms with van der Waals surface area (Å²) in [7, 11) is 0. The summed E-state index contributed by atoms with van der Waals surface area (Å²) in [6.45, 7) is 2.53. The number of aromatic nitrogens is 2. The van der Waals surface area contributed by atoms with Crippen LogP contribution in [0.3, 0.4) is 0 Å². The second kappa shape index (κ2) is 3.94. The van der Waals surface area contributed by atoms with Crippen LogP contribution < -0.4 is 5.32 Å². The fourth-order valence-corrected chi connectivity index (χ4v) is 1.24. The van der Waals surface area contributed by atoms with E-state index in [-0.39, 0.29) is 0 Å². The molecular weight excluding hydrogens is 158 g/mol. The van der Waals surface area contributed by atoms with Gasteiger partial charge in [0.15, 0.2) is 0 Å². The second-order valence-electron chi connectivity index (χ2n) is 1.93. The first-order valence-corrected chi connectivity index (χ1v) is 4.14. The van der Waals surface area contributed by atoms with Crippen LogP contribution in [0, 0.1) is 12.3 Å². The van der Waals surface area contributed by atoms with Crippen molar-refractivity contribution < 1.29 is 0 Å². The standard InChI is InChI=1S/C7H9N3S/c1-3-5-8-7-9-6(4-2)10-11-7/h1H,4-5H2,2H3,(H,8,9,10). The average molecular weight is 167 g/mol. The van der Waals surface area contributed by atoms with E-state index in [0.29, 0.717) is 6.54 Å². The van der Waals surface area contributed by atoms with E-state index < -0.39 is 0 Å². The first-order chi connectivity index (χ1) is 5.36. The second-order valence-corrected chi connectivity index (χ2v) is 2.68. The van der Waals surface area contributed by atoms with Crippen molar-refractivity contribution in [1.29, 1.82) is 0 Å². The van der Waals surface area contributed by atoms with Gasteiger partial charge < -0.3 is 5.32 Å². The molecule has 4 heteroatoms. The lowest BCUT2D eigenvalue weighted by Gasteiger charge is -1.91. The van der Waals surface area contributed by atoms with Crippen LogP contribution >= 0.6 is 11.5 Å². The molecule has 0 amide bonds. The summed E-state index contributed by atoms with van der Waals surface area (Å²) >= 11 is 1.35. The number of nitrogens with one attached hydrogen (secondary N) is 1. The number of anilines is 1. The van der Waals surface area contributed by atoms with Gasteiger partial charge in [0.1, 0.15) is 5.82 Å². The predicted molar refractivity (Wildman–Crippen MR) is 46.6 cm³/mol. The molecule has 0 aliphatic heterocycles. The number of nitrogens with zero attached hydrogens (tertiary/aromatic N) is 2. The van der Waals surface area contributed by atoms with Gasteiger partial charge >= 0.3 is 0 Å². The molecule has 0 saturated carbocycles. The van der Waals surface area contributed by atoms with Gasteiger partial charge in [-0.15, -0.1) is 6.42 Å². The molecule has 0 fully saturated rings. The predicted octanol–water partition coefficient (Wildman–Crippen LogP) is 1.15. The normalized spacial score (nSPS) is 9.09. The Labute approximate surface area is 70.0 Å². The molecule has 11 heavy (non-hydrogen) atoms. The fourth-order valence-electron chi connectivity index (χ4n) is 0.596. The highest BCUT2D eigenvalue weighted by Gasteiger charge is 1.98. The summed E-state index contributed by atoms with van der Waals surface area (Å²) in [5.74, 6) is 3.34. The third-order valence-electron chi connectivity index (χ3n) is 1.13. The van der Waals surface area contributed by atoms with Crippen LogP contribution in [0.2, 0.25) is 0 Å². The zero-order valence-corrected chi connectivity index (χ0v) is 7.11. The van der Waals surface area contributed by atoms with Crippen LogP contribution in [0.1, 0.15) is 12.7 Å². The van der Waals surface area contributed by atoms with Crippen molar-refractivity contribution in [3.63, 3.8) is 0 Å². The molecule has 0 saturated heterocycles. The fraction of sp³-hybridized carbons (Fsp3) is 0.429. The molecule has 0 radical (unpaired) electrons. The van der Waals surface area contributed by atoms with Gasteiger partial charge in [-0.05, 0) is 0 Å². The summed E-state index contributed by atoms with van der Waals surface area (Å²) < 4.78 is 4.09. The Balaban J connectivity index is 2.53. The Kier molecular flexibility index (Phi) is 2.87. The van der Waals surface area contributed by atoms with Gasteiger partial charge in [0, 0.05) is 18.0 Å². The summed E-state index contributed by atoms with van der Waals surface area (Å²) in [5, 5.41) is 3.76. The van der Waals surface area contributed by atoms with E-state index >= 15 is 0 Å². The molecule has 58 valence electrons. The van der Waals surface area contributed by atoms with Gasteiger partial charge in [0.05, 0.1) is 6.54 Å². The minimum absolute atomic E-state index is 0.512. The minimum Gasteiger partial charge on any atom is -0.349 e. The molecule has 1 aromatic heterocycles. The molecule has 1 N–H and O–H groups in total. The maximum absolute atomic E-state index is 5.06. The van der Waals surface area contributed by atoms with Crippen molar-refractivity contribution in [3.8, 4) is 12.3 Å². The highest BCUT2D eigenvalue weighted by Crippen LogP contribution is 2.09. The van der Waals surface area contributed by atoms with E-state index in [9.17, 15) is 0 Å². The van der Waals surface area contributed by atoms with Crippen molar-refractivity contribution in [2.24, 2.45) is 0 Å². The SMILES string of the molecule is C#CCNc1nc(CC)ns1. The summed E-state index contributed by atoms with van der Waals surface area (Å²) in [6.07, 6.45) is 5.93. The zero-order valence-electron chi connectivity index (χ0n) is 6.29. The molecule has 3 nitrogen and oxygen atoms in total. The van der Waals surface area contributed by atoms with Crippen molar-refractivity contribution >= 4 is 16.7 Å². The molecular formula is C7H9N3S. The van der Waals surface area contributed by atoms with Gasteiger partial charge in [-0.2, -0.15) is 4.37 Å². The van der Waals surface area contributed by atoms with E-state index in [4.69, 9.17) is 6.42 Å². The lowest BCUT2D eigenvalue weighted by molar-refractivity contribution is 0.998. The first kappa shape index (κ1) is 8.02. The van der Waals surface area contributed by atoms with Gasteiger partial charge in [0.2, 0.25) is 5.13 Å². The molecule has 0 unspecified atom stereocenters. The van der Waals surface area contributed by atoms with Crippen molar-refractivity contribution in [2.45, 2.75) is 13.3 Å². The van der Waals surface area contributed by atoms with Crippen LogP contribution in [-0.2, 0) is 6.42 Å². The van der Waals surface area contributed by atoms with Gasteiger partial charge in [0.25, 0.3) is 0 Å². The first-order valence-electron chi connectivity index (χ1n) is 3.36. The van der Waals surface area contributed by atoms with Gasteiger partial charge in [-0.25, -0.2) is 4.98 Å². The number of rotatable bonds is 3. The molecule has 1 rings (SSSR count). The number of terminal acetylenes is 1. The lowest BCUT2D eigenvalue weighted by Crippen LogP contribution is -1.97. The van der Waals surface area contributed by atoms with Crippen LogP contribution in [0.25, 0.3) is 0 Å². The summed E-state index contributed by atoms with van der Waals surface area (Å²) in [6, 6.07) is 0. The number of hydrogen-bond donors (Lipinski definition) is 1. The zero-order chi connectivity index (χ0) is 8.10. The van der Waals surface area contributed by atoms with Crippen molar-refractivity contribution in [2.75, 3.05) is 11.9 Å². The Morgan fingerprint density at radius 2 is 2.55 bits per heavy atom. The van der Waals surface area contributed by atoms with Gasteiger partial charge in [-0.1, -0.05) is 12.8 Å². The van der Waals surface area contributed by atoms with Crippen LogP contribution in [0.5, 0.6) is 0 Å². The molecule has 1 heterocycles. The van der Waals surface area contributed by atoms with E-state index in [1.165, 1.54) is 11.5 Å². The van der Waals surface area contributed by atoms with Crippen molar-refractivity contribution in [3.05, 3.63) is 5.82 Å². The largest absolute Gasteiger partial charge is 0.349 e. The van der Waals surface area contributed by atoms with E-state index in [1.807, 2.05) is 6.92 Å². The van der Waals surface area contributed by atoms with Crippen LogP contribution in [-0.4, -0.2) is 15.9 Å². The number of hydrogen-bond acceptors (Lipinski definition) is 4. The minimum atomic E-state index is 0.512. The highest BCUT2D eigenvalue weighted by molar-refractivity contribution is 7.09. The number of aryl methyl sites for hydroxylation is 1. The molecule has 0 aliphatic rings. The molecule has 0 aromatic carbocycles. The Morgan fingerprint density at radius 1 is 1.73 bits per heavy atom. The van der Waals surface area contributed by atoms with E-state index in [0.717, 1.165) is 17.4 Å². The smallest absolute Gasteiger partial charge is 0.203 e. The molecule has 0 aliphatic carbocycles. The van der Waals surface area contributed by atoms with Gasteiger partial charge in [-0.3, -0.25) is 0 Å². The van der Waals surface area contributed by atoms with Crippen LogP contribution in [0.15, 0.2) is 0 Å². The van der Waals surface area contributed by atoms with Crippen LogP contribution in [0.4, 0.5) is 5.13 Å². The third-order valence-corrected chi connectivity index (χ3v) is 1.84. The maximum Gasteiger partial charge on any atom is 0.203 e. The molecule has 0 atom stereocenters. The Bertz CT molecular complexity index is 261. The van der Waals surface area contributed by atoms with Crippen molar-refractivity contribution in [1.82, 2.24) is 9.36 Å². The molecule has 1 aromatic rings. The maximum atomic E-state index is 5.06. The topological polar surface area (TPSA) is 37.8 Å². The Morgan fingerprint density at radius 3 is 3.09 bits per heavy atom. The van der Waals surface area contributed by atoms with E-state index in [2.05, 4.69) is 20.6 Å². The molecule has 0 bridgehead atoms. The monoisotopic (exact) mass is 167 g/mol. The summed E-state index contributed by atoms with van der Waals surface area (Å²) in [4.78, 5) is 4.17. The molecule has 0 spiro atoms. The Hall–Kier alpha value is -1.08. The quantitative estimate of drug-likeness (QED) is 0.686. The summed E-state index contributed by atoms with van der Waals surface area (Å²) in [5.41, 5.74) is 0.